The van der Waals surface area contributed by atoms with E-state index in [1.165, 1.54) is 10.6 Å². The van der Waals surface area contributed by atoms with E-state index in [4.69, 9.17) is 0 Å². The van der Waals surface area contributed by atoms with Crippen LogP contribution in [-0.4, -0.2) is 9.97 Å². The molecule has 0 aliphatic heterocycles. The minimum atomic E-state index is 0.973. The zero-order valence-corrected chi connectivity index (χ0v) is 10.7. The topological polar surface area (TPSA) is 25.8 Å². The highest BCUT2D eigenvalue weighted by Gasteiger charge is 2.07. The minimum Gasteiger partial charge on any atom is -0.264 e. The molecular formula is C10H9IN2S. The summed E-state index contributed by atoms with van der Waals surface area (Å²) in [7, 11) is 0. The average Bonchev–Trinajstić information content (AvgIpc) is 2.61. The smallest absolute Gasteiger partial charge is 0.125 e. The van der Waals surface area contributed by atoms with Crippen molar-refractivity contribution in [3.63, 3.8) is 0 Å². The van der Waals surface area contributed by atoms with Crippen LogP contribution in [0.5, 0.6) is 0 Å². The third-order valence-corrected chi connectivity index (χ3v) is 3.71. The van der Waals surface area contributed by atoms with Gasteiger partial charge in [-0.1, -0.05) is 22.6 Å². The van der Waals surface area contributed by atoms with Crippen molar-refractivity contribution in [1.29, 1.82) is 0 Å². The Labute approximate surface area is 101 Å². The number of thiazole rings is 1. The molecule has 0 N–H and O–H groups in total. The third kappa shape index (κ3) is 1.95. The number of aryl methyl sites for hydroxylation is 1. The molecular weight excluding hydrogens is 307 g/mol. The Morgan fingerprint density at radius 2 is 2.36 bits per heavy atom. The lowest BCUT2D eigenvalue weighted by molar-refractivity contribution is 1.22. The summed E-state index contributed by atoms with van der Waals surface area (Å²) in [5.74, 6) is 0. The van der Waals surface area contributed by atoms with Gasteiger partial charge >= 0.3 is 0 Å². The van der Waals surface area contributed by atoms with Crippen LogP contribution in [0.2, 0.25) is 0 Å². The Morgan fingerprint density at radius 3 is 2.93 bits per heavy atom. The first-order chi connectivity index (χ1) is 6.81. The molecule has 2 aromatic heterocycles. The molecule has 0 spiro atoms. The van der Waals surface area contributed by atoms with Crippen LogP contribution in [0.3, 0.4) is 0 Å². The summed E-state index contributed by atoms with van der Waals surface area (Å²) in [6, 6.07) is 3.98. The first kappa shape index (κ1) is 10.0. The highest BCUT2D eigenvalue weighted by molar-refractivity contribution is 14.1. The molecule has 0 fully saturated rings. The SMILES string of the molecule is Cc1sc(-c2cccnc2)nc1CI. The molecule has 0 amide bonds. The van der Waals surface area contributed by atoms with Crippen molar-refractivity contribution in [2.45, 2.75) is 11.4 Å². The van der Waals surface area contributed by atoms with Crippen molar-refractivity contribution in [2.24, 2.45) is 0 Å². The van der Waals surface area contributed by atoms with Gasteiger partial charge in [0.2, 0.25) is 0 Å². The number of hydrogen-bond acceptors (Lipinski definition) is 3. The number of rotatable bonds is 2. The minimum absolute atomic E-state index is 0.973. The van der Waals surface area contributed by atoms with E-state index in [0.29, 0.717) is 0 Å². The molecule has 0 saturated carbocycles. The van der Waals surface area contributed by atoms with Crippen molar-refractivity contribution in [2.75, 3.05) is 0 Å². The summed E-state index contributed by atoms with van der Waals surface area (Å²) in [6.07, 6.45) is 3.64. The molecule has 2 rings (SSSR count). The Balaban J connectivity index is 2.43. The Bertz CT molecular complexity index is 425. The van der Waals surface area contributed by atoms with E-state index in [9.17, 15) is 0 Å². The maximum atomic E-state index is 4.57. The first-order valence-electron chi connectivity index (χ1n) is 4.24. The zero-order chi connectivity index (χ0) is 9.97. The van der Waals surface area contributed by atoms with Crippen molar-refractivity contribution < 1.29 is 0 Å². The van der Waals surface area contributed by atoms with Crippen LogP contribution >= 0.6 is 33.9 Å². The summed E-state index contributed by atoms with van der Waals surface area (Å²) in [4.78, 5) is 9.96. The van der Waals surface area contributed by atoms with Crippen molar-refractivity contribution >= 4 is 33.9 Å². The second-order valence-electron chi connectivity index (χ2n) is 2.90. The zero-order valence-electron chi connectivity index (χ0n) is 7.70. The van der Waals surface area contributed by atoms with Gasteiger partial charge in [0.05, 0.1) is 5.69 Å². The Kier molecular flexibility index (Phi) is 3.12. The molecule has 2 nitrogen and oxygen atoms in total. The number of hydrogen-bond donors (Lipinski definition) is 0. The van der Waals surface area contributed by atoms with Crippen molar-refractivity contribution in [3.05, 3.63) is 35.1 Å². The van der Waals surface area contributed by atoms with Gasteiger partial charge in [-0.2, -0.15) is 0 Å². The lowest BCUT2D eigenvalue weighted by Gasteiger charge is -1.92. The fourth-order valence-corrected chi connectivity index (χ4v) is 3.09. The monoisotopic (exact) mass is 316 g/mol. The van der Waals surface area contributed by atoms with E-state index in [-0.39, 0.29) is 0 Å². The quantitative estimate of drug-likeness (QED) is 0.626. The van der Waals surface area contributed by atoms with Crippen molar-refractivity contribution in [3.8, 4) is 10.6 Å². The summed E-state index contributed by atoms with van der Waals surface area (Å²) < 4.78 is 0.973. The lowest BCUT2D eigenvalue weighted by atomic mass is 10.3. The fourth-order valence-electron chi connectivity index (χ4n) is 1.16. The van der Waals surface area contributed by atoms with Gasteiger partial charge < -0.3 is 0 Å². The van der Waals surface area contributed by atoms with Gasteiger partial charge in [0.15, 0.2) is 0 Å². The Morgan fingerprint density at radius 1 is 1.50 bits per heavy atom. The van der Waals surface area contributed by atoms with Crippen LogP contribution in [0.4, 0.5) is 0 Å². The van der Waals surface area contributed by atoms with E-state index in [2.05, 4.69) is 39.5 Å². The largest absolute Gasteiger partial charge is 0.264 e. The summed E-state index contributed by atoms with van der Waals surface area (Å²) in [5.41, 5.74) is 2.30. The summed E-state index contributed by atoms with van der Waals surface area (Å²) in [6.45, 7) is 2.12. The van der Waals surface area contributed by atoms with Gasteiger partial charge in [-0.05, 0) is 19.1 Å². The van der Waals surface area contributed by atoms with E-state index in [0.717, 1.165) is 15.0 Å². The fraction of sp³-hybridized carbons (Fsp3) is 0.200. The third-order valence-electron chi connectivity index (χ3n) is 1.93. The van der Waals surface area contributed by atoms with E-state index < -0.39 is 0 Å². The second kappa shape index (κ2) is 4.35. The molecule has 14 heavy (non-hydrogen) atoms. The van der Waals surface area contributed by atoms with Crippen LogP contribution in [0.1, 0.15) is 10.6 Å². The van der Waals surface area contributed by atoms with Crippen LogP contribution < -0.4 is 0 Å². The molecule has 2 heterocycles. The van der Waals surface area contributed by atoms with Gasteiger partial charge in [-0.25, -0.2) is 4.98 Å². The molecule has 0 aliphatic rings. The van der Waals surface area contributed by atoms with E-state index >= 15 is 0 Å². The van der Waals surface area contributed by atoms with E-state index in [1.54, 1.807) is 17.5 Å². The summed E-state index contributed by atoms with van der Waals surface area (Å²) in [5, 5.41) is 1.07. The highest BCUT2D eigenvalue weighted by atomic mass is 127. The highest BCUT2D eigenvalue weighted by Crippen LogP contribution is 2.27. The van der Waals surface area contributed by atoms with Gasteiger partial charge in [-0.3, -0.25) is 4.98 Å². The van der Waals surface area contributed by atoms with Crippen LogP contribution in [0, 0.1) is 6.92 Å². The number of halogens is 1. The van der Waals surface area contributed by atoms with Gasteiger partial charge in [0.25, 0.3) is 0 Å². The number of alkyl halides is 1. The molecule has 0 radical (unpaired) electrons. The molecule has 72 valence electrons. The van der Waals surface area contributed by atoms with Crippen molar-refractivity contribution in [1.82, 2.24) is 9.97 Å². The lowest BCUT2D eigenvalue weighted by Crippen LogP contribution is -1.81. The van der Waals surface area contributed by atoms with Gasteiger partial charge in [0, 0.05) is 27.3 Å². The Hall–Kier alpha value is -0.490. The van der Waals surface area contributed by atoms with Crippen LogP contribution in [-0.2, 0) is 4.43 Å². The maximum absolute atomic E-state index is 4.57. The molecule has 0 saturated heterocycles. The molecule has 2 aromatic rings. The molecule has 4 heteroatoms. The number of nitrogens with zero attached hydrogens (tertiary/aromatic N) is 2. The summed E-state index contributed by atoms with van der Waals surface area (Å²) >= 11 is 4.08. The van der Waals surface area contributed by atoms with Gasteiger partial charge in [0.1, 0.15) is 5.01 Å². The predicted molar refractivity (Wildman–Crippen MR) is 67.8 cm³/mol. The second-order valence-corrected chi connectivity index (χ2v) is 4.86. The molecule has 0 unspecified atom stereocenters. The van der Waals surface area contributed by atoms with Crippen LogP contribution in [0.25, 0.3) is 10.6 Å². The average molecular weight is 316 g/mol. The maximum Gasteiger partial charge on any atom is 0.125 e. The first-order valence-corrected chi connectivity index (χ1v) is 6.58. The molecule has 0 aliphatic carbocycles. The molecule has 0 bridgehead atoms. The normalized spacial score (nSPS) is 10.4. The standard InChI is InChI=1S/C10H9IN2S/c1-7-9(5-11)13-10(14-7)8-3-2-4-12-6-8/h2-4,6H,5H2,1H3. The number of pyridine rings is 1. The molecule has 0 atom stereocenters. The van der Waals surface area contributed by atoms with Gasteiger partial charge in [-0.15, -0.1) is 11.3 Å². The predicted octanol–water partition coefficient (Wildman–Crippen LogP) is 3.45. The number of aromatic nitrogens is 2. The van der Waals surface area contributed by atoms with E-state index in [1.807, 2.05) is 18.3 Å². The molecule has 0 aromatic carbocycles. The van der Waals surface area contributed by atoms with Crippen LogP contribution in [0.15, 0.2) is 24.5 Å².